The second-order valence-corrected chi connectivity index (χ2v) is 6.04. The van der Waals surface area contributed by atoms with Gasteiger partial charge in [-0.1, -0.05) is 27.7 Å². The number of nitrogens with one attached hydrogen (secondary N) is 1. The van der Waals surface area contributed by atoms with Crippen LogP contribution in [0, 0.1) is 5.41 Å². The first-order valence-electron chi connectivity index (χ1n) is 5.91. The molecular weight excluding hydrogens is 190 g/mol. The van der Waals surface area contributed by atoms with Crippen LogP contribution in [0.4, 0.5) is 0 Å². The first kappa shape index (κ1) is 14.3. The molecule has 0 bridgehead atoms. The van der Waals surface area contributed by atoms with Crippen LogP contribution in [0.2, 0.25) is 0 Å². The maximum atomic E-state index is 3.51. The molecule has 0 aliphatic carbocycles. The maximum Gasteiger partial charge on any atom is 0.000252 e. The van der Waals surface area contributed by atoms with E-state index in [1.54, 1.807) is 0 Å². The lowest BCUT2D eigenvalue weighted by Gasteiger charge is -2.24. The zero-order valence-corrected chi connectivity index (χ0v) is 11.2. The molecule has 14 heavy (non-hydrogen) atoms. The van der Waals surface area contributed by atoms with Crippen molar-refractivity contribution in [2.45, 2.75) is 47.0 Å². The minimum absolute atomic E-state index is 0.476. The predicted octanol–water partition coefficient (Wildman–Crippen LogP) is 3.55. The zero-order valence-electron chi connectivity index (χ0n) is 10.4. The molecule has 0 amide bonds. The Morgan fingerprint density at radius 3 is 2.50 bits per heavy atom. The number of thioether (sulfide) groups is 1. The molecule has 1 nitrogen and oxygen atoms in total. The van der Waals surface area contributed by atoms with Crippen molar-refractivity contribution in [2.75, 3.05) is 24.6 Å². The number of rotatable bonds is 9. The van der Waals surface area contributed by atoms with Gasteiger partial charge in [0.25, 0.3) is 0 Å². The highest BCUT2D eigenvalue weighted by Crippen LogP contribution is 2.22. The highest BCUT2D eigenvalue weighted by Gasteiger charge is 2.16. The molecule has 0 rings (SSSR count). The van der Waals surface area contributed by atoms with Crippen molar-refractivity contribution in [2.24, 2.45) is 5.41 Å². The average molecular weight is 217 g/mol. The van der Waals surface area contributed by atoms with Gasteiger partial charge in [0.1, 0.15) is 0 Å². The lowest BCUT2D eigenvalue weighted by molar-refractivity contribution is 0.313. The van der Waals surface area contributed by atoms with Crippen LogP contribution in [0.15, 0.2) is 0 Å². The molecule has 0 atom stereocenters. The third-order valence-electron chi connectivity index (χ3n) is 2.38. The maximum absolute atomic E-state index is 3.51. The van der Waals surface area contributed by atoms with Gasteiger partial charge >= 0.3 is 0 Å². The van der Waals surface area contributed by atoms with Gasteiger partial charge < -0.3 is 5.32 Å². The molecule has 0 fully saturated rings. The van der Waals surface area contributed by atoms with Crippen molar-refractivity contribution in [1.82, 2.24) is 5.32 Å². The van der Waals surface area contributed by atoms with Crippen LogP contribution in [0.1, 0.15) is 47.0 Å². The molecule has 0 aliphatic heterocycles. The van der Waals surface area contributed by atoms with E-state index in [-0.39, 0.29) is 0 Å². The van der Waals surface area contributed by atoms with Crippen LogP contribution >= 0.6 is 11.8 Å². The summed E-state index contributed by atoms with van der Waals surface area (Å²) in [5.74, 6) is 2.59. The molecule has 0 aromatic heterocycles. The van der Waals surface area contributed by atoms with Crippen LogP contribution in [0.3, 0.4) is 0 Å². The van der Waals surface area contributed by atoms with E-state index in [4.69, 9.17) is 0 Å². The van der Waals surface area contributed by atoms with E-state index in [0.29, 0.717) is 5.41 Å². The molecule has 0 radical (unpaired) electrons. The molecule has 0 aromatic carbocycles. The summed E-state index contributed by atoms with van der Waals surface area (Å²) in [4.78, 5) is 0. The van der Waals surface area contributed by atoms with Crippen molar-refractivity contribution in [3.63, 3.8) is 0 Å². The smallest absolute Gasteiger partial charge is 0.000252 e. The second-order valence-electron chi connectivity index (χ2n) is 4.64. The molecule has 0 saturated carbocycles. The lowest BCUT2D eigenvalue weighted by Crippen LogP contribution is -2.30. The fraction of sp³-hybridized carbons (Fsp3) is 1.00. The Morgan fingerprint density at radius 1 is 1.21 bits per heavy atom. The van der Waals surface area contributed by atoms with E-state index in [2.05, 4.69) is 44.8 Å². The number of hydrogen-bond donors (Lipinski definition) is 1. The third-order valence-corrected chi connectivity index (χ3v) is 3.36. The Morgan fingerprint density at radius 2 is 1.93 bits per heavy atom. The highest BCUT2D eigenvalue weighted by atomic mass is 32.2. The standard InChI is InChI=1S/C12H27NS/c1-5-9-13-11-12(3,4)8-7-10-14-6-2/h13H,5-11H2,1-4H3. The highest BCUT2D eigenvalue weighted by molar-refractivity contribution is 7.99. The van der Waals surface area contributed by atoms with E-state index in [9.17, 15) is 0 Å². The summed E-state index contributed by atoms with van der Waals surface area (Å²) in [5, 5.41) is 3.51. The van der Waals surface area contributed by atoms with E-state index < -0.39 is 0 Å². The van der Waals surface area contributed by atoms with Crippen molar-refractivity contribution in [1.29, 1.82) is 0 Å². The molecule has 0 aromatic rings. The molecule has 0 heterocycles. The lowest BCUT2D eigenvalue weighted by atomic mass is 9.88. The molecule has 0 aliphatic rings. The van der Waals surface area contributed by atoms with Crippen LogP contribution in [0.5, 0.6) is 0 Å². The summed E-state index contributed by atoms with van der Waals surface area (Å²) in [5.41, 5.74) is 0.476. The van der Waals surface area contributed by atoms with Gasteiger partial charge in [0.05, 0.1) is 0 Å². The summed E-state index contributed by atoms with van der Waals surface area (Å²) >= 11 is 2.06. The van der Waals surface area contributed by atoms with Gasteiger partial charge in [-0.25, -0.2) is 0 Å². The van der Waals surface area contributed by atoms with Gasteiger partial charge in [0, 0.05) is 6.54 Å². The van der Waals surface area contributed by atoms with Gasteiger partial charge in [0.15, 0.2) is 0 Å². The zero-order chi connectivity index (χ0) is 10.9. The predicted molar refractivity (Wildman–Crippen MR) is 69.2 cm³/mol. The number of hydrogen-bond acceptors (Lipinski definition) is 2. The van der Waals surface area contributed by atoms with E-state index in [1.807, 2.05) is 0 Å². The van der Waals surface area contributed by atoms with Crippen LogP contribution in [-0.2, 0) is 0 Å². The van der Waals surface area contributed by atoms with E-state index >= 15 is 0 Å². The summed E-state index contributed by atoms with van der Waals surface area (Å²) < 4.78 is 0. The Labute approximate surface area is 94.4 Å². The molecule has 0 unspecified atom stereocenters. The fourth-order valence-electron chi connectivity index (χ4n) is 1.49. The normalized spacial score (nSPS) is 12.0. The summed E-state index contributed by atoms with van der Waals surface area (Å²) in [7, 11) is 0. The monoisotopic (exact) mass is 217 g/mol. The molecular formula is C12H27NS. The molecule has 2 heteroatoms. The quantitative estimate of drug-likeness (QED) is 0.593. The first-order chi connectivity index (χ1) is 6.62. The average Bonchev–Trinajstić information content (AvgIpc) is 2.13. The molecule has 0 spiro atoms. The molecule has 1 N–H and O–H groups in total. The van der Waals surface area contributed by atoms with Crippen molar-refractivity contribution >= 4 is 11.8 Å². The molecule has 86 valence electrons. The van der Waals surface area contributed by atoms with Gasteiger partial charge in [-0.15, -0.1) is 0 Å². The second kappa shape index (κ2) is 8.60. The molecule has 0 saturated heterocycles. The van der Waals surface area contributed by atoms with Crippen LogP contribution < -0.4 is 5.32 Å². The van der Waals surface area contributed by atoms with Gasteiger partial charge in [-0.05, 0) is 42.7 Å². The van der Waals surface area contributed by atoms with Crippen LogP contribution in [-0.4, -0.2) is 24.6 Å². The summed E-state index contributed by atoms with van der Waals surface area (Å²) in [6.45, 7) is 11.5. The van der Waals surface area contributed by atoms with Crippen LogP contribution in [0.25, 0.3) is 0 Å². The first-order valence-corrected chi connectivity index (χ1v) is 7.06. The summed E-state index contributed by atoms with van der Waals surface area (Å²) in [6, 6.07) is 0. The SMILES string of the molecule is CCCNCC(C)(C)CCCSCC. The Kier molecular flexibility index (Phi) is 8.80. The van der Waals surface area contributed by atoms with Gasteiger partial charge in [-0.2, -0.15) is 11.8 Å². The minimum Gasteiger partial charge on any atom is -0.316 e. The summed E-state index contributed by atoms with van der Waals surface area (Å²) in [6.07, 6.45) is 3.94. The van der Waals surface area contributed by atoms with Crippen molar-refractivity contribution in [3.8, 4) is 0 Å². The van der Waals surface area contributed by atoms with E-state index in [1.165, 1.54) is 30.8 Å². The third kappa shape index (κ3) is 8.89. The fourth-order valence-corrected chi connectivity index (χ4v) is 2.13. The topological polar surface area (TPSA) is 12.0 Å². The van der Waals surface area contributed by atoms with Crippen molar-refractivity contribution < 1.29 is 0 Å². The Hall–Kier alpha value is 0.310. The van der Waals surface area contributed by atoms with Gasteiger partial charge in [0.2, 0.25) is 0 Å². The van der Waals surface area contributed by atoms with E-state index in [0.717, 1.165) is 13.1 Å². The van der Waals surface area contributed by atoms with Crippen molar-refractivity contribution in [3.05, 3.63) is 0 Å². The Balaban J connectivity index is 3.40. The Bertz CT molecular complexity index is 123. The minimum atomic E-state index is 0.476. The van der Waals surface area contributed by atoms with Gasteiger partial charge in [-0.3, -0.25) is 0 Å². The largest absolute Gasteiger partial charge is 0.316 e.